The van der Waals surface area contributed by atoms with Gasteiger partial charge in [-0.3, -0.25) is 4.57 Å². The van der Waals surface area contributed by atoms with Crippen molar-refractivity contribution in [2.45, 2.75) is 72.6 Å². The maximum absolute atomic E-state index is 6.66. The lowest BCUT2D eigenvalue weighted by Crippen LogP contribution is -2.17. The molecule has 2 atom stereocenters. The van der Waals surface area contributed by atoms with Crippen molar-refractivity contribution < 1.29 is 9.47 Å². The highest BCUT2D eigenvalue weighted by Crippen LogP contribution is 2.42. The van der Waals surface area contributed by atoms with E-state index in [9.17, 15) is 0 Å². The predicted molar refractivity (Wildman–Crippen MR) is 192 cm³/mol. The van der Waals surface area contributed by atoms with Gasteiger partial charge in [0.2, 0.25) is 0 Å². The minimum absolute atomic E-state index is 0.419. The minimum Gasteiger partial charge on any atom is -0.497 e. The second-order valence-electron chi connectivity index (χ2n) is 13.1. The maximum Gasteiger partial charge on any atom is 0.141 e. The third-order valence-electron chi connectivity index (χ3n) is 9.78. The zero-order valence-electron chi connectivity index (χ0n) is 28.4. The van der Waals surface area contributed by atoms with E-state index in [0.29, 0.717) is 11.8 Å². The number of para-hydroxylation sites is 1. The molecule has 6 aromatic rings. The molecular formula is C41H44N4O2. The van der Waals surface area contributed by atoms with E-state index in [4.69, 9.17) is 19.6 Å². The molecule has 7 rings (SSSR count). The van der Waals surface area contributed by atoms with E-state index in [2.05, 4.69) is 111 Å². The third-order valence-corrected chi connectivity index (χ3v) is 9.78. The molecule has 1 aliphatic carbocycles. The van der Waals surface area contributed by atoms with Crippen molar-refractivity contribution in [2.75, 3.05) is 7.11 Å². The Kier molecular flexibility index (Phi) is 8.35. The van der Waals surface area contributed by atoms with Crippen molar-refractivity contribution in [1.82, 2.24) is 19.3 Å². The Bertz CT molecular complexity index is 2120. The second-order valence-corrected chi connectivity index (χ2v) is 13.1. The maximum atomic E-state index is 6.66. The van der Waals surface area contributed by atoms with Gasteiger partial charge >= 0.3 is 0 Å². The van der Waals surface area contributed by atoms with Crippen LogP contribution in [-0.4, -0.2) is 26.4 Å². The first kappa shape index (κ1) is 30.8. The number of benzene rings is 3. The molecule has 0 unspecified atom stereocenters. The monoisotopic (exact) mass is 624 g/mol. The average molecular weight is 625 g/mol. The Morgan fingerprint density at radius 1 is 0.872 bits per heavy atom. The first-order valence-corrected chi connectivity index (χ1v) is 16.9. The molecule has 3 aromatic heterocycles. The van der Waals surface area contributed by atoms with E-state index < -0.39 is 0 Å². The molecule has 240 valence electrons. The Balaban J connectivity index is 1.31. The van der Waals surface area contributed by atoms with Crippen LogP contribution in [0, 0.1) is 19.8 Å². The lowest BCUT2D eigenvalue weighted by atomic mass is 9.75. The zero-order valence-corrected chi connectivity index (χ0v) is 28.4. The highest BCUT2D eigenvalue weighted by atomic mass is 16.5. The summed E-state index contributed by atoms with van der Waals surface area (Å²) in [6, 6.07) is 25.0. The number of hydrogen-bond acceptors (Lipinski definition) is 4. The van der Waals surface area contributed by atoms with Gasteiger partial charge in [-0.2, -0.15) is 5.10 Å². The molecule has 6 heteroatoms. The number of methoxy groups -OCH3 is 1. The Hall–Kier alpha value is -4.84. The normalized spacial score (nSPS) is 16.5. The van der Waals surface area contributed by atoms with Crippen molar-refractivity contribution in [1.29, 1.82) is 0 Å². The quantitative estimate of drug-likeness (QED) is 0.150. The summed E-state index contributed by atoms with van der Waals surface area (Å²) in [5.74, 6) is 4.14. The molecule has 0 amide bonds. The third kappa shape index (κ3) is 5.71. The van der Waals surface area contributed by atoms with Crippen LogP contribution in [0.4, 0.5) is 0 Å². The van der Waals surface area contributed by atoms with Crippen molar-refractivity contribution in [2.24, 2.45) is 5.92 Å². The lowest BCUT2D eigenvalue weighted by molar-refractivity contribution is 0.414. The van der Waals surface area contributed by atoms with Crippen LogP contribution in [0.25, 0.3) is 33.3 Å². The smallest absolute Gasteiger partial charge is 0.141 e. The molecule has 3 aromatic carbocycles. The number of rotatable bonds is 9. The first-order chi connectivity index (χ1) is 22.9. The number of fused-ring (bicyclic) bond motifs is 3. The molecule has 0 bridgehead atoms. The summed E-state index contributed by atoms with van der Waals surface area (Å²) in [7, 11) is 1.68. The SMILES string of the molecule is CCCCc1c([C@@H]2C(C)=CCC[C@@H]2C)c(C)nn1-c1cc(C)cc(Oc2ccc3c4ccccc4n(-c4cc(OC)ccn4)c3c2)c1. The van der Waals surface area contributed by atoms with E-state index in [0.717, 1.165) is 75.7 Å². The van der Waals surface area contributed by atoms with Gasteiger partial charge in [0.05, 0.1) is 29.5 Å². The molecule has 0 saturated carbocycles. The average Bonchev–Trinajstić information content (AvgIpc) is 3.57. The molecule has 1 aliphatic rings. The highest BCUT2D eigenvalue weighted by Gasteiger charge is 2.30. The molecule has 0 N–H and O–H groups in total. The minimum atomic E-state index is 0.419. The van der Waals surface area contributed by atoms with Gasteiger partial charge in [0.25, 0.3) is 0 Å². The second kappa shape index (κ2) is 12.7. The fourth-order valence-corrected chi connectivity index (χ4v) is 7.57. The van der Waals surface area contributed by atoms with Gasteiger partial charge in [0.1, 0.15) is 23.1 Å². The Morgan fingerprint density at radius 2 is 1.70 bits per heavy atom. The number of hydrogen-bond donors (Lipinski definition) is 0. The van der Waals surface area contributed by atoms with Crippen LogP contribution >= 0.6 is 0 Å². The van der Waals surface area contributed by atoms with E-state index >= 15 is 0 Å². The van der Waals surface area contributed by atoms with Crippen LogP contribution in [0.3, 0.4) is 0 Å². The molecule has 0 spiro atoms. The van der Waals surface area contributed by atoms with Crippen LogP contribution in [0.1, 0.15) is 74.9 Å². The van der Waals surface area contributed by atoms with E-state index in [1.54, 1.807) is 13.3 Å². The highest BCUT2D eigenvalue weighted by molar-refractivity contribution is 6.09. The van der Waals surface area contributed by atoms with E-state index in [1.165, 1.54) is 35.1 Å². The number of aryl methyl sites for hydroxylation is 2. The van der Waals surface area contributed by atoms with Crippen LogP contribution in [0.5, 0.6) is 17.2 Å². The molecule has 0 saturated heterocycles. The largest absolute Gasteiger partial charge is 0.497 e. The van der Waals surface area contributed by atoms with Gasteiger partial charge in [-0.15, -0.1) is 0 Å². The number of ether oxygens (including phenoxy) is 2. The van der Waals surface area contributed by atoms with Gasteiger partial charge in [-0.1, -0.05) is 50.1 Å². The molecular weight excluding hydrogens is 580 g/mol. The Labute approximate surface area is 277 Å². The van der Waals surface area contributed by atoms with E-state index in [-0.39, 0.29) is 0 Å². The summed E-state index contributed by atoms with van der Waals surface area (Å²) in [5.41, 5.74) is 9.66. The van der Waals surface area contributed by atoms with Crippen LogP contribution in [-0.2, 0) is 6.42 Å². The lowest BCUT2D eigenvalue weighted by Gasteiger charge is -2.30. The van der Waals surface area contributed by atoms with Crippen molar-refractivity contribution in [3.8, 4) is 28.8 Å². The fraction of sp³-hybridized carbons (Fsp3) is 0.317. The standard InChI is InChI=1S/C41H44N4O2/c1-7-8-15-37-41(40-27(3)12-11-13-28(40)4)29(5)43-45(37)30-21-26(2)22-33(23-30)47-32-17-18-35-34-14-9-10-16-36(34)44(38(35)24-32)39-25-31(46-6)19-20-42-39/h9-10,12,14,16-25,28,40H,7-8,11,13,15H2,1-6H3/t28-,40+/m0/s1. The molecule has 47 heavy (non-hydrogen) atoms. The summed E-state index contributed by atoms with van der Waals surface area (Å²) in [6.45, 7) is 11.3. The summed E-state index contributed by atoms with van der Waals surface area (Å²) >= 11 is 0. The van der Waals surface area contributed by atoms with Gasteiger partial charge in [-0.05, 0) is 94.3 Å². The predicted octanol–water partition coefficient (Wildman–Crippen LogP) is 10.6. The van der Waals surface area contributed by atoms with Crippen LogP contribution in [0.2, 0.25) is 0 Å². The summed E-state index contributed by atoms with van der Waals surface area (Å²) in [6.07, 6.45) is 9.89. The van der Waals surface area contributed by atoms with Gasteiger partial charge < -0.3 is 9.47 Å². The number of pyridine rings is 1. The number of allylic oxidation sites excluding steroid dienone is 2. The summed E-state index contributed by atoms with van der Waals surface area (Å²) in [5, 5.41) is 7.51. The molecule has 0 aliphatic heterocycles. The zero-order chi connectivity index (χ0) is 32.7. The first-order valence-electron chi connectivity index (χ1n) is 16.9. The van der Waals surface area contributed by atoms with Crippen LogP contribution < -0.4 is 9.47 Å². The van der Waals surface area contributed by atoms with Gasteiger partial charge in [0, 0.05) is 52.3 Å². The summed E-state index contributed by atoms with van der Waals surface area (Å²) in [4.78, 5) is 4.71. The number of aromatic nitrogens is 4. The summed E-state index contributed by atoms with van der Waals surface area (Å²) < 4.78 is 16.6. The molecule has 0 fully saturated rings. The van der Waals surface area contributed by atoms with Gasteiger partial charge in [-0.25, -0.2) is 9.67 Å². The van der Waals surface area contributed by atoms with Gasteiger partial charge in [0.15, 0.2) is 0 Å². The molecule has 0 radical (unpaired) electrons. The van der Waals surface area contributed by atoms with Crippen LogP contribution in [0.15, 0.2) is 90.6 Å². The molecule has 3 heterocycles. The van der Waals surface area contributed by atoms with E-state index in [1.807, 2.05) is 12.1 Å². The number of nitrogens with zero attached hydrogens (tertiary/aromatic N) is 4. The number of unbranched alkanes of at least 4 members (excludes halogenated alkanes) is 1. The Morgan fingerprint density at radius 3 is 2.51 bits per heavy atom. The molecule has 6 nitrogen and oxygen atoms in total. The van der Waals surface area contributed by atoms with Crippen molar-refractivity contribution in [3.63, 3.8) is 0 Å². The fourth-order valence-electron chi connectivity index (χ4n) is 7.57. The van der Waals surface area contributed by atoms with Crippen molar-refractivity contribution >= 4 is 21.8 Å². The van der Waals surface area contributed by atoms with Crippen molar-refractivity contribution in [3.05, 3.63) is 113 Å². The topological polar surface area (TPSA) is 54.1 Å².